The molecular weight excluding hydrogens is 220 g/mol. The van der Waals surface area contributed by atoms with E-state index in [-0.39, 0.29) is 18.6 Å². The molecule has 94 valence electrons. The maximum absolute atomic E-state index is 11.3. The number of anilines is 1. The van der Waals surface area contributed by atoms with Gasteiger partial charge in [-0.05, 0) is 20.8 Å². The molecular formula is C11H18N4O2. The smallest absolute Gasteiger partial charge is 0.257 e. The molecule has 1 aromatic rings. The molecule has 0 saturated carbocycles. The molecule has 0 radical (unpaired) electrons. The summed E-state index contributed by atoms with van der Waals surface area (Å²) in [5.74, 6) is 0.799. The van der Waals surface area contributed by atoms with Crippen molar-refractivity contribution in [3.63, 3.8) is 0 Å². The van der Waals surface area contributed by atoms with Gasteiger partial charge < -0.3 is 15.4 Å². The van der Waals surface area contributed by atoms with Gasteiger partial charge in [0.05, 0.1) is 12.6 Å². The van der Waals surface area contributed by atoms with Gasteiger partial charge >= 0.3 is 0 Å². The highest BCUT2D eigenvalue weighted by molar-refractivity contribution is 5.80. The molecule has 6 nitrogen and oxygen atoms in total. The van der Waals surface area contributed by atoms with Crippen molar-refractivity contribution < 1.29 is 9.53 Å². The van der Waals surface area contributed by atoms with Gasteiger partial charge in [-0.2, -0.15) is 0 Å². The second kappa shape index (κ2) is 6.67. The summed E-state index contributed by atoms with van der Waals surface area (Å²) in [6, 6.07) is 0. The number of hydrogen-bond acceptors (Lipinski definition) is 5. The van der Waals surface area contributed by atoms with Crippen LogP contribution in [-0.4, -0.2) is 35.1 Å². The summed E-state index contributed by atoms with van der Waals surface area (Å²) in [4.78, 5) is 19.4. The van der Waals surface area contributed by atoms with E-state index in [1.807, 2.05) is 20.8 Å². The second-order valence-electron chi connectivity index (χ2n) is 3.68. The lowest BCUT2D eigenvalue weighted by molar-refractivity contribution is -0.119. The Balaban J connectivity index is 2.60. The van der Waals surface area contributed by atoms with Crippen molar-refractivity contribution in [1.29, 1.82) is 0 Å². The third kappa shape index (κ3) is 4.67. The van der Waals surface area contributed by atoms with E-state index in [1.165, 1.54) is 0 Å². The molecule has 17 heavy (non-hydrogen) atoms. The van der Waals surface area contributed by atoms with E-state index in [0.717, 1.165) is 0 Å². The van der Waals surface area contributed by atoms with Gasteiger partial charge in [-0.1, -0.05) is 0 Å². The highest BCUT2D eigenvalue weighted by Gasteiger charge is 2.09. The van der Waals surface area contributed by atoms with Crippen LogP contribution < -0.4 is 15.4 Å². The van der Waals surface area contributed by atoms with Crippen molar-refractivity contribution in [1.82, 2.24) is 15.3 Å². The van der Waals surface area contributed by atoms with Crippen LogP contribution in [0.3, 0.4) is 0 Å². The Bertz CT molecular complexity index is 368. The maximum Gasteiger partial charge on any atom is 0.257 e. The lowest BCUT2D eigenvalue weighted by Gasteiger charge is -2.12. The van der Waals surface area contributed by atoms with E-state index in [2.05, 4.69) is 20.6 Å². The molecule has 0 saturated heterocycles. The van der Waals surface area contributed by atoms with Crippen LogP contribution in [0.25, 0.3) is 0 Å². The van der Waals surface area contributed by atoms with Crippen LogP contribution >= 0.6 is 0 Å². The lowest BCUT2D eigenvalue weighted by atomic mass is 10.4. The number of carbonyl (C=O) groups excluding carboxylic acids is 1. The lowest BCUT2D eigenvalue weighted by Crippen LogP contribution is -2.29. The van der Waals surface area contributed by atoms with Gasteiger partial charge in [0.2, 0.25) is 5.91 Å². The molecule has 0 atom stereocenters. The molecule has 0 spiro atoms. The Morgan fingerprint density at radius 1 is 1.41 bits per heavy atom. The molecule has 1 rings (SSSR count). The number of carbonyl (C=O) groups is 1. The van der Waals surface area contributed by atoms with E-state index in [4.69, 9.17) is 4.74 Å². The summed E-state index contributed by atoms with van der Waals surface area (Å²) in [7, 11) is 0. The minimum atomic E-state index is -0.0892. The molecule has 0 aromatic carbocycles. The topological polar surface area (TPSA) is 76.1 Å². The van der Waals surface area contributed by atoms with Crippen molar-refractivity contribution in [2.45, 2.75) is 26.9 Å². The molecule has 0 aliphatic heterocycles. The fourth-order valence-corrected chi connectivity index (χ4v) is 1.18. The number of aromatic nitrogens is 2. The molecule has 0 bridgehead atoms. The first-order valence-corrected chi connectivity index (χ1v) is 5.61. The molecule has 0 aliphatic carbocycles. The van der Waals surface area contributed by atoms with Crippen LogP contribution in [0.5, 0.6) is 5.88 Å². The Labute approximate surface area is 101 Å². The largest absolute Gasteiger partial charge is 0.472 e. The number of hydrogen-bond donors (Lipinski definition) is 2. The maximum atomic E-state index is 11.3. The fraction of sp³-hybridized carbons (Fsp3) is 0.545. The van der Waals surface area contributed by atoms with Crippen molar-refractivity contribution >= 4 is 11.7 Å². The monoisotopic (exact) mass is 238 g/mol. The number of amides is 1. The Morgan fingerprint density at radius 2 is 2.12 bits per heavy atom. The molecule has 6 heteroatoms. The number of nitrogens with one attached hydrogen (secondary N) is 2. The zero-order valence-corrected chi connectivity index (χ0v) is 10.4. The van der Waals surface area contributed by atoms with Gasteiger partial charge in [0.15, 0.2) is 5.82 Å². The number of ether oxygens (including phenoxy) is 1. The van der Waals surface area contributed by atoms with Gasteiger partial charge in [-0.25, -0.2) is 9.97 Å². The predicted molar refractivity (Wildman–Crippen MR) is 65.0 cm³/mol. The highest BCUT2D eigenvalue weighted by atomic mass is 16.5. The summed E-state index contributed by atoms with van der Waals surface area (Å²) in [6.07, 6.45) is 3.11. The van der Waals surface area contributed by atoms with Gasteiger partial charge in [-0.3, -0.25) is 4.79 Å². The average Bonchev–Trinajstić information content (AvgIpc) is 2.27. The third-order valence-electron chi connectivity index (χ3n) is 1.80. The Kier molecular flexibility index (Phi) is 5.19. The Morgan fingerprint density at radius 3 is 2.76 bits per heavy atom. The van der Waals surface area contributed by atoms with Crippen LogP contribution in [0.1, 0.15) is 20.8 Å². The second-order valence-corrected chi connectivity index (χ2v) is 3.68. The normalized spacial score (nSPS) is 10.1. The predicted octanol–water partition coefficient (Wildman–Crippen LogP) is 0.812. The minimum absolute atomic E-state index is 0.0109. The summed E-state index contributed by atoms with van der Waals surface area (Å²) in [5.41, 5.74) is 0. The van der Waals surface area contributed by atoms with Crippen molar-refractivity contribution in [3.05, 3.63) is 12.4 Å². The van der Waals surface area contributed by atoms with Crippen molar-refractivity contribution in [2.24, 2.45) is 0 Å². The van der Waals surface area contributed by atoms with Gasteiger partial charge in [0, 0.05) is 18.9 Å². The number of likely N-dealkylation sites (N-methyl/N-ethyl adjacent to an activating group) is 1. The van der Waals surface area contributed by atoms with E-state index >= 15 is 0 Å². The summed E-state index contributed by atoms with van der Waals surface area (Å²) < 4.78 is 5.47. The van der Waals surface area contributed by atoms with Gasteiger partial charge in [0.25, 0.3) is 5.88 Å². The van der Waals surface area contributed by atoms with E-state index in [1.54, 1.807) is 12.4 Å². The third-order valence-corrected chi connectivity index (χ3v) is 1.80. The van der Waals surface area contributed by atoms with Crippen LogP contribution in [0.15, 0.2) is 12.4 Å². The zero-order valence-electron chi connectivity index (χ0n) is 10.4. The standard InChI is InChI=1S/C11H18N4O2/c1-4-12-9(16)7-15-10-11(17-8(2)3)14-6-5-13-10/h5-6,8H,4,7H2,1-3H3,(H,12,16)(H,13,15). The van der Waals surface area contributed by atoms with E-state index in [9.17, 15) is 4.79 Å². The molecule has 0 fully saturated rings. The summed E-state index contributed by atoms with van der Waals surface area (Å²) >= 11 is 0. The van der Waals surface area contributed by atoms with Gasteiger partial charge in [0.1, 0.15) is 0 Å². The molecule has 2 N–H and O–H groups in total. The SMILES string of the molecule is CCNC(=O)CNc1nccnc1OC(C)C. The molecule has 1 aromatic heterocycles. The summed E-state index contributed by atoms with van der Waals surface area (Å²) in [5, 5.41) is 5.58. The van der Waals surface area contributed by atoms with E-state index < -0.39 is 0 Å². The number of rotatable bonds is 6. The van der Waals surface area contributed by atoms with Crippen LogP contribution in [0, 0.1) is 0 Å². The molecule has 0 aliphatic rings. The molecule has 0 unspecified atom stereocenters. The highest BCUT2D eigenvalue weighted by Crippen LogP contribution is 2.18. The first kappa shape index (κ1) is 13.2. The average molecular weight is 238 g/mol. The van der Waals surface area contributed by atoms with Crippen molar-refractivity contribution in [2.75, 3.05) is 18.4 Å². The first-order chi connectivity index (χ1) is 8.13. The minimum Gasteiger partial charge on any atom is -0.472 e. The number of nitrogens with zero attached hydrogens (tertiary/aromatic N) is 2. The quantitative estimate of drug-likeness (QED) is 0.767. The van der Waals surface area contributed by atoms with Crippen molar-refractivity contribution in [3.8, 4) is 5.88 Å². The van der Waals surface area contributed by atoms with E-state index in [0.29, 0.717) is 18.2 Å². The van der Waals surface area contributed by atoms with Gasteiger partial charge in [-0.15, -0.1) is 0 Å². The molecule has 1 amide bonds. The van der Waals surface area contributed by atoms with Crippen LogP contribution in [-0.2, 0) is 4.79 Å². The first-order valence-electron chi connectivity index (χ1n) is 5.61. The molecule has 1 heterocycles. The zero-order chi connectivity index (χ0) is 12.7. The summed E-state index contributed by atoms with van der Waals surface area (Å²) in [6.45, 7) is 6.44. The van der Waals surface area contributed by atoms with Crippen LogP contribution in [0.4, 0.5) is 5.82 Å². The Hall–Kier alpha value is -1.85. The fourth-order valence-electron chi connectivity index (χ4n) is 1.18. The van der Waals surface area contributed by atoms with Crippen LogP contribution in [0.2, 0.25) is 0 Å².